The number of rotatable bonds is 10. The molecule has 2 amide bonds. The van der Waals surface area contributed by atoms with Gasteiger partial charge in [-0.25, -0.2) is 0 Å². The minimum absolute atomic E-state index is 0.172. The molecule has 0 aliphatic carbocycles. The predicted molar refractivity (Wildman–Crippen MR) is 150 cm³/mol. The van der Waals surface area contributed by atoms with E-state index in [1.807, 2.05) is 12.1 Å². The lowest BCUT2D eigenvalue weighted by Gasteiger charge is -2.08. The van der Waals surface area contributed by atoms with Crippen LogP contribution >= 0.6 is 23.1 Å². The first-order chi connectivity index (χ1) is 17.9. The van der Waals surface area contributed by atoms with Gasteiger partial charge in [0.2, 0.25) is 11.0 Å². The van der Waals surface area contributed by atoms with Crippen molar-refractivity contribution in [3.63, 3.8) is 0 Å². The number of hydrogen-bond acceptors (Lipinski definition) is 8. The van der Waals surface area contributed by atoms with E-state index in [1.54, 1.807) is 55.6 Å². The monoisotopic (exact) mass is 533 g/mol. The Hall–Kier alpha value is -3.89. The van der Waals surface area contributed by atoms with Crippen LogP contribution in [0, 0.1) is 0 Å². The molecule has 4 rings (SSSR count). The number of carbonyl (C=O) groups excluding carboxylic acids is 2. The molecule has 0 saturated carbocycles. The summed E-state index contributed by atoms with van der Waals surface area (Å²) in [4.78, 5) is 24.9. The van der Waals surface area contributed by atoms with Crippen LogP contribution in [0.25, 0.3) is 0 Å². The lowest BCUT2D eigenvalue weighted by Crippen LogP contribution is -2.15. The molecule has 0 radical (unpaired) electrons. The Morgan fingerprint density at radius 2 is 1.49 bits per heavy atom. The van der Waals surface area contributed by atoms with Crippen molar-refractivity contribution >= 4 is 57.1 Å². The number of nitrogens with zero attached hydrogens (tertiary/aromatic N) is 2. The summed E-state index contributed by atoms with van der Waals surface area (Å²) in [6, 6.07) is 22.0. The molecule has 1 aromatic heterocycles. The van der Waals surface area contributed by atoms with Gasteiger partial charge < -0.3 is 20.7 Å². The molecule has 0 aliphatic rings. The smallest absolute Gasteiger partial charge is 0.255 e. The highest BCUT2D eigenvalue weighted by Crippen LogP contribution is 2.28. The Morgan fingerprint density at radius 1 is 0.865 bits per heavy atom. The normalized spacial score (nSPS) is 10.7. The van der Waals surface area contributed by atoms with Gasteiger partial charge in [0, 0.05) is 22.6 Å². The Balaban J connectivity index is 1.23. The van der Waals surface area contributed by atoms with Gasteiger partial charge in [0.05, 0.1) is 12.9 Å². The standard InChI is InChI=1S/C27H27N5O3S2/c1-17(2)18-4-8-22(9-5-18)30-26-31-32-27(37-26)36-16-24(33)28-20-10-6-19(7-11-20)25(34)29-21-12-14-23(35-3)15-13-21/h4-15,17H,16H2,1-3H3,(H,28,33)(H,29,34)(H,30,31). The number of benzene rings is 3. The fraction of sp³-hybridized carbons (Fsp3) is 0.185. The SMILES string of the molecule is COc1ccc(NC(=O)c2ccc(NC(=O)CSc3nnc(Nc4ccc(C(C)C)cc4)s3)cc2)cc1. The second kappa shape index (κ2) is 12.4. The first-order valence-electron chi connectivity index (χ1n) is 11.6. The minimum atomic E-state index is -0.241. The topological polar surface area (TPSA) is 105 Å². The second-order valence-electron chi connectivity index (χ2n) is 8.37. The zero-order valence-electron chi connectivity index (χ0n) is 20.6. The van der Waals surface area contributed by atoms with E-state index in [4.69, 9.17) is 4.74 Å². The molecule has 0 aliphatic heterocycles. The molecule has 3 aromatic carbocycles. The highest BCUT2D eigenvalue weighted by molar-refractivity contribution is 8.01. The molecule has 4 aromatic rings. The van der Waals surface area contributed by atoms with Crippen LogP contribution in [0.15, 0.2) is 77.1 Å². The summed E-state index contributed by atoms with van der Waals surface area (Å²) in [6.07, 6.45) is 0. The first-order valence-corrected chi connectivity index (χ1v) is 13.4. The third kappa shape index (κ3) is 7.55. The van der Waals surface area contributed by atoms with E-state index in [0.29, 0.717) is 38.1 Å². The Bertz CT molecular complexity index is 1340. The molecule has 3 N–H and O–H groups in total. The lowest BCUT2D eigenvalue weighted by atomic mass is 10.0. The fourth-order valence-electron chi connectivity index (χ4n) is 3.30. The van der Waals surface area contributed by atoms with Gasteiger partial charge in [0.1, 0.15) is 5.75 Å². The Labute approximate surface area is 223 Å². The number of thioether (sulfide) groups is 1. The van der Waals surface area contributed by atoms with Crippen LogP contribution in [0.5, 0.6) is 5.75 Å². The molecule has 0 bridgehead atoms. The second-order valence-corrected chi connectivity index (χ2v) is 10.6. The molecule has 0 unspecified atom stereocenters. The van der Waals surface area contributed by atoms with Gasteiger partial charge in [-0.15, -0.1) is 10.2 Å². The van der Waals surface area contributed by atoms with Crippen molar-refractivity contribution in [2.75, 3.05) is 28.8 Å². The maximum absolute atomic E-state index is 12.5. The Morgan fingerprint density at radius 3 is 2.14 bits per heavy atom. The molecular formula is C27H27N5O3S2. The van der Waals surface area contributed by atoms with Crippen LogP contribution in [-0.2, 0) is 4.79 Å². The third-order valence-corrected chi connectivity index (χ3v) is 7.31. The van der Waals surface area contributed by atoms with Gasteiger partial charge in [-0.2, -0.15) is 0 Å². The van der Waals surface area contributed by atoms with E-state index >= 15 is 0 Å². The quantitative estimate of drug-likeness (QED) is 0.203. The van der Waals surface area contributed by atoms with Crippen molar-refractivity contribution in [3.8, 4) is 5.75 Å². The predicted octanol–water partition coefficient (Wildman–Crippen LogP) is 6.40. The van der Waals surface area contributed by atoms with E-state index in [1.165, 1.54) is 28.7 Å². The summed E-state index contributed by atoms with van der Waals surface area (Å²) in [6.45, 7) is 4.32. The summed E-state index contributed by atoms with van der Waals surface area (Å²) in [7, 11) is 1.59. The van der Waals surface area contributed by atoms with Gasteiger partial charge in [-0.3, -0.25) is 9.59 Å². The van der Waals surface area contributed by atoms with Crippen molar-refractivity contribution < 1.29 is 14.3 Å². The lowest BCUT2D eigenvalue weighted by molar-refractivity contribution is -0.113. The number of nitrogens with one attached hydrogen (secondary N) is 3. The van der Waals surface area contributed by atoms with Crippen LogP contribution in [0.2, 0.25) is 0 Å². The van der Waals surface area contributed by atoms with Gasteiger partial charge in [-0.1, -0.05) is 49.1 Å². The number of ether oxygens (including phenoxy) is 1. The maximum atomic E-state index is 12.5. The van der Waals surface area contributed by atoms with Crippen molar-refractivity contribution in [3.05, 3.63) is 83.9 Å². The van der Waals surface area contributed by atoms with Crippen LogP contribution in [0.3, 0.4) is 0 Å². The van der Waals surface area contributed by atoms with Gasteiger partial charge >= 0.3 is 0 Å². The number of anilines is 4. The van der Waals surface area contributed by atoms with Crippen LogP contribution in [-0.4, -0.2) is 34.9 Å². The van der Waals surface area contributed by atoms with Gasteiger partial charge in [0.25, 0.3) is 5.91 Å². The van der Waals surface area contributed by atoms with Crippen molar-refractivity contribution in [2.24, 2.45) is 0 Å². The summed E-state index contributed by atoms with van der Waals surface area (Å²) in [5, 5.41) is 17.9. The fourth-order valence-corrected chi connectivity index (χ4v) is 4.87. The zero-order chi connectivity index (χ0) is 26.2. The minimum Gasteiger partial charge on any atom is -0.497 e. The summed E-state index contributed by atoms with van der Waals surface area (Å²) >= 11 is 2.71. The molecule has 0 saturated heterocycles. The number of methoxy groups -OCH3 is 1. The van der Waals surface area contributed by atoms with E-state index < -0.39 is 0 Å². The maximum Gasteiger partial charge on any atom is 0.255 e. The van der Waals surface area contributed by atoms with Gasteiger partial charge in [-0.05, 0) is 72.1 Å². The average molecular weight is 534 g/mol. The van der Waals surface area contributed by atoms with E-state index in [9.17, 15) is 9.59 Å². The number of amides is 2. The molecule has 37 heavy (non-hydrogen) atoms. The van der Waals surface area contributed by atoms with Crippen LogP contribution in [0.1, 0.15) is 35.7 Å². The molecular weight excluding hydrogens is 506 g/mol. The third-order valence-electron chi connectivity index (χ3n) is 5.34. The number of carbonyl (C=O) groups is 2. The van der Waals surface area contributed by atoms with Crippen molar-refractivity contribution in [1.29, 1.82) is 0 Å². The van der Waals surface area contributed by atoms with Crippen molar-refractivity contribution in [2.45, 2.75) is 24.1 Å². The van der Waals surface area contributed by atoms with Crippen LogP contribution < -0.4 is 20.7 Å². The summed E-state index contributed by atoms with van der Waals surface area (Å²) in [5.41, 5.74) is 3.97. The largest absolute Gasteiger partial charge is 0.497 e. The molecule has 190 valence electrons. The highest BCUT2D eigenvalue weighted by atomic mass is 32.2. The molecule has 1 heterocycles. The number of hydrogen-bond donors (Lipinski definition) is 3. The Kier molecular flexibility index (Phi) is 8.76. The average Bonchev–Trinajstić information content (AvgIpc) is 3.36. The van der Waals surface area contributed by atoms with Crippen LogP contribution in [0.4, 0.5) is 22.2 Å². The molecule has 0 atom stereocenters. The molecule has 8 nitrogen and oxygen atoms in total. The van der Waals surface area contributed by atoms with Crippen molar-refractivity contribution in [1.82, 2.24) is 10.2 Å². The highest BCUT2D eigenvalue weighted by Gasteiger charge is 2.11. The van der Waals surface area contributed by atoms with E-state index in [0.717, 1.165) is 5.69 Å². The molecule has 0 fully saturated rings. The molecule has 10 heteroatoms. The molecule has 0 spiro atoms. The van der Waals surface area contributed by atoms with E-state index in [-0.39, 0.29) is 17.6 Å². The zero-order valence-corrected chi connectivity index (χ0v) is 22.3. The first kappa shape index (κ1) is 26.2. The number of aromatic nitrogens is 2. The summed E-state index contributed by atoms with van der Waals surface area (Å²) < 4.78 is 5.82. The van der Waals surface area contributed by atoms with E-state index in [2.05, 4.69) is 52.1 Å². The van der Waals surface area contributed by atoms with Gasteiger partial charge in [0.15, 0.2) is 4.34 Å². The summed E-state index contributed by atoms with van der Waals surface area (Å²) in [5.74, 6) is 0.973.